The Hall–Kier alpha value is -2.75. The van der Waals surface area contributed by atoms with Crippen molar-refractivity contribution in [2.24, 2.45) is 0 Å². The fourth-order valence-electron chi connectivity index (χ4n) is 3.97. The molecular weight excluding hydrogens is 474 g/mol. The number of rotatable bonds is 3. The maximum Gasteiger partial charge on any atom is 0.0880 e. The predicted octanol–water partition coefficient (Wildman–Crippen LogP) is 9.36. The molecule has 0 aliphatic heterocycles. The molecule has 3 heteroatoms. The summed E-state index contributed by atoms with van der Waals surface area (Å²) in [5, 5.41) is 1.23. The van der Waals surface area contributed by atoms with Crippen molar-refractivity contribution in [3.63, 3.8) is 0 Å². The van der Waals surface area contributed by atoms with Crippen molar-refractivity contribution in [1.82, 2.24) is 4.98 Å². The van der Waals surface area contributed by atoms with Crippen LogP contribution in [0.2, 0.25) is 0 Å². The van der Waals surface area contributed by atoms with Gasteiger partial charge in [-0.1, -0.05) is 91.3 Å². The fourth-order valence-corrected chi connectivity index (χ4v) is 5.64. The number of nitrogens with zero attached hydrogens (tertiary/aromatic N) is 1. The zero-order valence-corrected chi connectivity index (χ0v) is 20.8. The number of hydrogen-bond acceptors (Lipinski definition) is 2. The van der Waals surface area contributed by atoms with E-state index < -0.39 is 0 Å². The standard InChI is InChI=1S/C29H24BrNS/c1-29(2,3)24-11-9-20(10-12-24)26-18-21-13-14-31-27(28(21)32-26)23-15-22(16-25(30)17-23)19-7-5-4-6-8-19/h4-18H,1-3H3. The molecular formula is C29H24BrNS. The molecule has 0 unspecified atom stereocenters. The molecule has 0 saturated carbocycles. The minimum atomic E-state index is 0.160. The largest absolute Gasteiger partial charge is 0.255 e. The number of fused-ring (bicyclic) bond motifs is 1. The van der Waals surface area contributed by atoms with Gasteiger partial charge in [-0.3, -0.25) is 4.98 Å². The number of pyridine rings is 1. The first-order chi connectivity index (χ1) is 15.4. The molecule has 0 amide bonds. The summed E-state index contributed by atoms with van der Waals surface area (Å²) in [6, 6.07) is 30.4. The molecule has 32 heavy (non-hydrogen) atoms. The molecule has 0 atom stereocenters. The molecule has 5 aromatic rings. The highest BCUT2D eigenvalue weighted by Crippen LogP contribution is 2.40. The first kappa shape index (κ1) is 21.1. The van der Waals surface area contributed by atoms with Crippen LogP contribution in [0, 0.1) is 0 Å². The Labute approximate surface area is 201 Å². The van der Waals surface area contributed by atoms with Crippen LogP contribution < -0.4 is 0 Å². The van der Waals surface area contributed by atoms with Gasteiger partial charge in [0.25, 0.3) is 0 Å². The monoisotopic (exact) mass is 497 g/mol. The molecule has 158 valence electrons. The van der Waals surface area contributed by atoms with Gasteiger partial charge in [0.15, 0.2) is 0 Å². The Kier molecular flexibility index (Phi) is 5.48. The highest BCUT2D eigenvalue weighted by atomic mass is 79.9. The summed E-state index contributed by atoms with van der Waals surface area (Å²) in [6.07, 6.45) is 1.92. The van der Waals surface area contributed by atoms with Crippen LogP contribution in [-0.4, -0.2) is 4.98 Å². The summed E-state index contributed by atoms with van der Waals surface area (Å²) in [7, 11) is 0. The topological polar surface area (TPSA) is 12.9 Å². The van der Waals surface area contributed by atoms with Crippen LogP contribution in [0.4, 0.5) is 0 Å². The predicted molar refractivity (Wildman–Crippen MR) is 142 cm³/mol. The Balaban J connectivity index is 1.60. The highest BCUT2D eigenvalue weighted by molar-refractivity contribution is 9.10. The molecule has 0 radical (unpaired) electrons. The van der Waals surface area contributed by atoms with E-state index in [0.717, 1.165) is 15.7 Å². The van der Waals surface area contributed by atoms with Gasteiger partial charge >= 0.3 is 0 Å². The van der Waals surface area contributed by atoms with Gasteiger partial charge in [0.2, 0.25) is 0 Å². The maximum absolute atomic E-state index is 4.80. The van der Waals surface area contributed by atoms with E-state index in [1.807, 2.05) is 23.6 Å². The summed E-state index contributed by atoms with van der Waals surface area (Å²) in [4.78, 5) is 6.07. The van der Waals surface area contributed by atoms with Crippen LogP contribution in [-0.2, 0) is 5.41 Å². The van der Waals surface area contributed by atoms with Gasteiger partial charge in [-0.15, -0.1) is 11.3 Å². The molecule has 2 aromatic heterocycles. The van der Waals surface area contributed by atoms with Crippen molar-refractivity contribution in [2.45, 2.75) is 26.2 Å². The summed E-state index contributed by atoms with van der Waals surface area (Å²) >= 11 is 5.53. The maximum atomic E-state index is 4.80. The lowest BCUT2D eigenvalue weighted by molar-refractivity contribution is 0.590. The van der Waals surface area contributed by atoms with Crippen molar-refractivity contribution in [1.29, 1.82) is 0 Å². The summed E-state index contributed by atoms with van der Waals surface area (Å²) in [6.45, 7) is 6.75. The Morgan fingerprint density at radius 3 is 2.16 bits per heavy atom. The average molecular weight is 498 g/mol. The van der Waals surface area contributed by atoms with E-state index in [1.54, 1.807) is 0 Å². The first-order valence-corrected chi connectivity index (χ1v) is 12.4. The third kappa shape index (κ3) is 4.15. The smallest absolute Gasteiger partial charge is 0.0880 e. The lowest BCUT2D eigenvalue weighted by Crippen LogP contribution is -2.10. The zero-order valence-electron chi connectivity index (χ0n) is 18.4. The van der Waals surface area contributed by atoms with Crippen LogP contribution in [0.25, 0.3) is 42.9 Å². The molecule has 0 fully saturated rings. The summed E-state index contributed by atoms with van der Waals surface area (Å²) in [5.74, 6) is 0. The third-order valence-electron chi connectivity index (χ3n) is 5.75. The van der Waals surface area contributed by atoms with Gasteiger partial charge in [-0.05, 0) is 63.4 Å². The van der Waals surface area contributed by atoms with Crippen molar-refractivity contribution in [2.75, 3.05) is 0 Å². The molecule has 0 aliphatic carbocycles. The van der Waals surface area contributed by atoms with E-state index in [2.05, 4.69) is 116 Å². The van der Waals surface area contributed by atoms with E-state index in [9.17, 15) is 0 Å². The Morgan fingerprint density at radius 1 is 0.719 bits per heavy atom. The van der Waals surface area contributed by atoms with E-state index in [0.29, 0.717) is 0 Å². The van der Waals surface area contributed by atoms with Crippen LogP contribution in [0.15, 0.2) is 95.6 Å². The minimum absolute atomic E-state index is 0.160. The number of halogens is 1. The van der Waals surface area contributed by atoms with E-state index in [1.165, 1.54) is 37.2 Å². The van der Waals surface area contributed by atoms with Crippen molar-refractivity contribution >= 4 is 37.4 Å². The third-order valence-corrected chi connectivity index (χ3v) is 7.41. The van der Waals surface area contributed by atoms with Gasteiger partial charge in [0, 0.05) is 21.1 Å². The van der Waals surface area contributed by atoms with Crippen molar-refractivity contribution in [3.8, 4) is 32.8 Å². The molecule has 0 bridgehead atoms. The van der Waals surface area contributed by atoms with Crippen LogP contribution in [0.5, 0.6) is 0 Å². The van der Waals surface area contributed by atoms with Gasteiger partial charge in [-0.2, -0.15) is 0 Å². The number of hydrogen-bond donors (Lipinski definition) is 0. The molecule has 0 spiro atoms. The lowest BCUT2D eigenvalue weighted by Gasteiger charge is -2.18. The zero-order chi connectivity index (χ0) is 22.3. The second kappa shape index (κ2) is 8.31. The second-order valence-corrected chi connectivity index (χ2v) is 11.1. The Bertz CT molecular complexity index is 1390. The molecule has 0 saturated heterocycles. The van der Waals surface area contributed by atoms with E-state index >= 15 is 0 Å². The quantitative estimate of drug-likeness (QED) is 0.241. The molecule has 0 aliphatic rings. The molecule has 3 aromatic carbocycles. The van der Waals surface area contributed by atoms with Gasteiger partial charge < -0.3 is 0 Å². The van der Waals surface area contributed by atoms with Crippen LogP contribution in [0.1, 0.15) is 26.3 Å². The van der Waals surface area contributed by atoms with Gasteiger partial charge in [0.05, 0.1) is 10.4 Å². The van der Waals surface area contributed by atoms with E-state index in [-0.39, 0.29) is 5.41 Å². The van der Waals surface area contributed by atoms with Gasteiger partial charge in [0.1, 0.15) is 0 Å². The number of thiophene rings is 1. The first-order valence-electron chi connectivity index (χ1n) is 10.7. The fraction of sp³-hybridized carbons (Fsp3) is 0.138. The molecule has 1 nitrogen and oxygen atoms in total. The Morgan fingerprint density at radius 2 is 1.44 bits per heavy atom. The summed E-state index contributed by atoms with van der Waals surface area (Å²) < 4.78 is 2.28. The number of benzene rings is 3. The lowest BCUT2D eigenvalue weighted by atomic mass is 9.86. The molecule has 0 N–H and O–H groups in total. The molecule has 2 heterocycles. The second-order valence-electron chi connectivity index (χ2n) is 9.11. The van der Waals surface area contributed by atoms with E-state index in [4.69, 9.17) is 4.98 Å². The highest BCUT2D eigenvalue weighted by Gasteiger charge is 2.15. The van der Waals surface area contributed by atoms with Crippen LogP contribution in [0.3, 0.4) is 0 Å². The van der Waals surface area contributed by atoms with Crippen molar-refractivity contribution < 1.29 is 0 Å². The van der Waals surface area contributed by atoms with Gasteiger partial charge in [-0.25, -0.2) is 0 Å². The minimum Gasteiger partial charge on any atom is -0.255 e. The summed E-state index contributed by atoms with van der Waals surface area (Å²) in [5.41, 5.74) is 7.31. The van der Waals surface area contributed by atoms with Crippen LogP contribution >= 0.6 is 27.3 Å². The molecule has 5 rings (SSSR count). The van der Waals surface area contributed by atoms with Crippen molar-refractivity contribution in [3.05, 3.63) is 101 Å². The normalized spacial score (nSPS) is 11.8. The number of aromatic nitrogens is 1. The SMILES string of the molecule is CC(C)(C)c1ccc(-c2cc3ccnc(-c4cc(Br)cc(-c5ccccc5)c4)c3s2)cc1. The average Bonchev–Trinajstić information content (AvgIpc) is 3.23.